The van der Waals surface area contributed by atoms with Gasteiger partial charge < -0.3 is 5.32 Å². The van der Waals surface area contributed by atoms with Gasteiger partial charge in [-0.3, -0.25) is 9.69 Å². The third-order valence-electron chi connectivity index (χ3n) is 4.70. The lowest BCUT2D eigenvalue weighted by Crippen LogP contribution is -2.37. The number of carbonyl (C=O) groups excluding carboxylic acids is 1. The van der Waals surface area contributed by atoms with Crippen LogP contribution in [-0.2, 0) is 0 Å². The predicted molar refractivity (Wildman–Crippen MR) is 101 cm³/mol. The average Bonchev–Trinajstić information content (AvgIpc) is 3.11. The molecule has 2 aromatic carbocycles. The normalized spacial score (nSPS) is 16.1. The number of benzene rings is 2. The Kier molecular flexibility index (Phi) is 5.69. The van der Waals surface area contributed by atoms with Gasteiger partial charge in [-0.25, -0.2) is 0 Å². The summed E-state index contributed by atoms with van der Waals surface area (Å²) in [4.78, 5) is 15.0. The van der Waals surface area contributed by atoms with Crippen LogP contribution in [0, 0.1) is 6.92 Å². The van der Waals surface area contributed by atoms with Crippen LogP contribution in [0.5, 0.6) is 0 Å². The average molecular weight is 387 g/mol. The highest BCUT2D eigenvalue weighted by Gasteiger charge is 2.25. The number of aryl methyl sites for hydroxylation is 1. The summed E-state index contributed by atoms with van der Waals surface area (Å²) in [6, 6.07) is 16.3. The minimum atomic E-state index is -0.0275. The molecule has 0 bridgehead atoms. The van der Waals surface area contributed by atoms with Gasteiger partial charge in [0.15, 0.2) is 0 Å². The van der Waals surface area contributed by atoms with Crippen LogP contribution in [0.2, 0.25) is 0 Å². The second kappa shape index (κ2) is 7.95. The molecule has 24 heavy (non-hydrogen) atoms. The van der Waals surface area contributed by atoms with Crippen molar-refractivity contribution in [1.82, 2.24) is 10.2 Å². The van der Waals surface area contributed by atoms with E-state index in [-0.39, 0.29) is 11.9 Å². The number of nitrogens with one attached hydrogen (secondary N) is 1. The third kappa shape index (κ3) is 3.87. The van der Waals surface area contributed by atoms with Gasteiger partial charge in [-0.15, -0.1) is 0 Å². The number of likely N-dealkylation sites (tertiary alicyclic amines) is 1. The molecule has 0 spiro atoms. The van der Waals surface area contributed by atoms with Gasteiger partial charge in [-0.2, -0.15) is 0 Å². The zero-order chi connectivity index (χ0) is 16.9. The lowest BCUT2D eigenvalue weighted by molar-refractivity contribution is 0.0937. The number of amides is 1. The van der Waals surface area contributed by atoms with Gasteiger partial charge in [-0.1, -0.05) is 36.4 Å². The first kappa shape index (κ1) is 17.2. The maximum absolute atomic E-state index is 12.5. The molecule has 4 heteroatoms. The van der Waals surface area contributed by atoms with Crippen molar-refractivity contribution in [2.24, 2.45) is 0 Å². The molecule has 2 aromatic rings. The van der Waals surface area contributed by atoms with E-state index in [9.17, 15) is 4.79 Å². The fourth-order valence-electron chi connectivity index (χ4n) is 3.38. The molecular weight excluding hydrogens is 364 g/mol. The summed E-state index contributed by atoms with van der Waals surface area (Å²) < 4.78 is 0.830. The van der Waals surface area contributed by atoms with Crippen molar-refractivity contribution < 1.29 is 4.79 Å². The molecule has 0 saturated carbocycles. The minimum Gasteiger partial charge on any atom is -0.350 e. The molecule has 1 atom stereocenters. The van der Waals surface area contributed by atoms with Crippen molar-refractivity contribution in [3.63, 3.8) is 0 Å². The molecule has 1 fully saturated rings. The van der Waals surface area contributed by atoms with Crippen LogP contribution >= 0.6 is 15.9 Å². The number of hydrogen-bond acceptors (Lipinski definition) is 2. The standard InChI is InChI=1S/C20H23BrN2O/c1-15-8-2-3-9-16(15)19(23-12-6-7-13-23)14-22-20(24)17-10-4-5-11-18(17)21/h2-5,8-11,19H,6-7,12-14H2,1H3,(H,22,24). The Bertz CT molecular complexity index is 710. The van der Waals surface area contributed by atoms with Crippen molar-refractivity contribution in [3.05, 3.63) is 69.7 Å². The fourth-order valence-corrected chi connectivity index (χ4v) is 3.84. The smallest absolute Gasteiger partial charge is 0.252 e. The second-order valence-corrected chi connectivity index (χ2v) is 7.16. The summed E-state index contributed by atoms with van der Waals surface area (Å²) in [7, 11) is 0. The van der Waals surface area contributed by atoms with Crippen LogP contribution < -0.4 is 5.32 Å². The summed E-state index contributed by atoms with van der Waals surface area (Å²) in [5.74, 6) is -0.0275. The highest BCUT2D eigenvalue weighted by molar-refractivity contribution is 9.10. The van der Waals surface area contributed by atoms with Crippen LogP contribution in [0.1, 0.15) is 40.4 Å². The Hall–Kier alpha value is -1.65. The molecule has 1 amide bonds. The van der Waals surface area contributed by atoms with Gasteiger partial charge in [-0.05, 0) is 72.0 Å². The highest BCUT2D eigenvalue weighted by atomic mass is 79.9. The topological polar surface area (TPSA) is 32.3 Å². The van der Waals surface area contributed by atoms with Crippen LogP contribution in [-0.4, -0.2) is 30.4 Å². The Balaban J connectivity index is 1.76. The summed E-state index contributed by atoms with van der Waals surface area (Å²) in [5, 5.41) is 3.13. The molecule has 1 aliphatic heterocycles. The molecule has 0 radical (unpaired) electrons. The Labute approximate surface area is 152 Å². The van der Waals surface area contributed by atoms with Crippen LogP contribution in [0.25, 0.3) is 0 Å². The van der Waals surface area contributed by atoms with Crippen LogP contribution in [0.4, 0.5) is 0 Å². The largest absolute Gasteiger partial charge is 0.350 e. The van der Waals surface area contributed by atoms with Gasteiger partial charge in [0.1, 0.15) is 0 Å². The van der Waals surface area contributed by atoms with E-state index in [1.807, 2.05) is 24.3 Å². The van der Waals surface area contributed by atoms with E-state index in [2.05, 4.69) is 57.3 Å². The highest BCUT2D eigenvalue weighted by Crippen LogP contribution is 2.27. The fraction of sp³-hybridized carbons (Fsp3) is 0.350. The molecule has 1 N–H and O–H groups in total. The van der Waals surface area contributed by atoms with Crippen LogP contribution in [0.3, 0.4) is 0 Å². The monoisotopic (exact) mass is 386 g/mol. The van der Waals surface area contributed by atoms with Crippen molar-refractivity contribution in [2.45, 2.75) is 25.8 Å². The molecule has 3 rings (SSSR count). The van der Waals surface area contributed by atoms with Gasteiger partial charge >= 0.3 is 0 Å². The van der Waals surface area contributed by atoms with E-state index in [1.54, 1.807) is 0 Å². The number of nitrogens with zero attached hydrogens (tertiary/aromatic N) is 1. The maximum atomic E-state index is 12.5. The first-order valence-corrected chi connectivity index (χ1v) is 9.28. The van der Waals surface area contributed by atoms with Crippen molar-refractivity contribution in [2.75, 3.05) is 19.6 Å². The van der Waals surface area contributed by atoms with Crippen LogP contribution in [0.15, 0.2) is 53.0 Å². The number of rotatable bonds is 5. The summed E-state index contributed by atoms with van der Waals surface area (Å²) >= 11 is 3.46. The van der Waals surface area contributed by atoms with Gasteiger partial charge in [0.2, 0.25) is 0 Å². The molecule has 0 aliphatic carbocycles. The second-order valence-electron chi connectivity index (χ2n) is 6.31. The summed E-state index contributed by atoms with van der Waals surface area (Å²) in [5.41, 5.74) is 3.28. The van der Waals surface area contributed by atoms with Crippen molar-refractivity contribution in [3.8, 4) is 0 Å². The third-order valence-corrected chi connectivity index (χ3v) is 5.39. The Morgan fingerprint density at radius 1 is 1.12 bits per heavy atom. The molecule has 1 heterocycles. The van der Waals surface area contributed by atoms with Gasteiger partial charge in [0.25, 0.3) is 5.91 Å². The summed E-state index contributed by atoms with van der Waals surface area (Å²) in [6.07, 6.45) is 2.47. The SMILES string of the molecule is Cc1ccccc1C(CNC(=O)c1ccccc1Br)N1CCCC1. The molecule has 1 unspecified atom stereocenters. The predicted octanol–water partition coefficient (Wildman–Crippen LogP) is 4.32. The van der Waals surface area contributed by atoms with E-state index in [1.165, 1.54) is 24.0 Å². The Morgan fingerprint density at radius 3 is 2.50 bits per heavy atom. The zero-order valence-electron chi connectivity index (χ0n) is 14.0. The van der Waals surface area contributed by atoms with Gasteiger partial charge in [0.05, 0.1) is 11.6 Å². The number of halogens is 1. The molecule has 0 aromatic heterocycles. The zero-order valence-corrected chi connectivity index (χ0v) is 15.6. The quantitative estimate of drug-likeness (QED) is 0.829. The van der Waals surface area contributed by atoms with E-state index in [4.69, 9.17) is 0 Å². The summed E-state index contributed by atoms with van der Waals surface area (Å²) in [6.45, 7) is 4.98. The molecule has 126 valence electrons. The van der Waals surface area contributed by atoms with Gasteiger partial charge in [0, 0.05) is 11.0 Å². The number of hydrogen-bond donors (Lipinski definition) is 1. The molecule has 1 aliphatic rings. The van der Waals surface area contributed by atoms with E-state index in [0.29, 0.717) is 12.1 Å². The van der Waals surface area contributed by atoms with E-state index >= 15 is 0 Å². The molecular formula is C20H23BrN2O. The lowest BCUT2D eigenvalue weighted by Gasteiger charge is -2.29. The first-order chi connectivity index (χ1) is 11.7. The molecule has 3 nitrogen and oxygen atoms in total. The maximum Gasteiger partial charge on any atom is 0.252 e. The first-order valence-electron chi connectivity index (χ1n) is 8.49. The Morgan fingerprint density at radius 2 is 1.79 bits per heavy atom. The van der Waals surface area contributed by atoms with E-state index < -0.39 is 0 Å². The number of carbonyl (C=O) groups is 1. The van der Waals surface area contributed by atoms with Crippen molar-refractivity contribution >= 4 is 21.8 Å². The minimum absolute atomic E-state index is 0.0275. The van der Waals surface area contributed by atoms with Crippen molar-refractivity contribution in [1.29, 1.82) is 0 Å². The molecule has 1 saturated heterocycles. The lowest BCUT2D eigenvalue weighted by atomic mass is 10.00. The van der Waals surface area contributed by atoms with E-state index in [0.717, 1.165) is 17.6 Å².